The van der Waals surface area contributed by atoms with Crippen LogP contribution in [0.25, 0.3) is 0 Å². The van der Waals surface area contributed by atoms with Crippen LogP contribution in [-0.4, -0.2) is 30.4 Å². The molecule has 0 aliphatic heterocycles. The zero-order valence-electron chi connectivity index (χ0n) is 11.6. The molecule has 0 radical (unpaired) electrons. The summed E-state index contributed by atoms with van der Waals surface area (Å²) in [6.45, 7) is 7.43. The minimum atomic E-state index is -0.474. The Bertz CT molecular complexity index is 314. The molecule has 0 aliphatic rings. The van der Waals surface area contributed by atoms with E-state index in [1.807, 2.05) is 30.3 Å². The number of aliphatic hydroxyl groups excluding tert-OH is 1. The zero-order valence-corrected chi connectivity index (χ0v) is 11.6. The summed E-state index contributed by atoms with van der Waals surface area (Å²) in [5, 5.41) is 13.2. The molecule has 102 valence electrons. The lowest BCUT2D eigenvalue weighted by atomic mass is 10.0. The fourth-order valence-corrected chi connectivity index (χ4v) is 1.91. The summed E-state index contributed by atoms with van der Waals surface area (Å²) in [5.74, 6) is 1.38. The lowest BCUT2D eigenvalue weighted by molar-refractivity contribution is 0.101. The summed E-state index contributed by atoms with van der Waals surface area (Å²) in [5.41, 5.74) is 0. The van der Waals surface area contributed by atoms with E-state index in [1.165, 1.54) is 0 Å². The van der Waals surface area contributed by atoms with Gasteiger partial charge in [0.15, 0.2) is 0 Å². The number of aliphatic hydroxyl groups is 1. The van der Waals surface area contributed by atoms with Crippen LogP contribution in [0.2, 0.25) is 0 Å². The van der Waals surface area contributed by atoms with E-state index in [9.17, 15) is 5.11 Å². The predicted octanol–water partition coefficient (Wildman–Crippen LogP) is 2.45. The molecular formula is C15H25NO2. The van der Waals surface area contributed by atoms with Crippen molar-refractivity contribution < 1.29 is 9.84 Å². The molecule has 2 atom stereocenters. The third-order valence-corrected chi connectivity index (χ3v) is 3.05. The van der Waals surface area contributed by atoms with Crippen molar-refractivity contribution in [3.63, 3.8) is 0 Å². The van der Waals surface area contributed by atoms with Crippen LogP contribution < -0.4 is 10.1 Å². The topological polar surface area (TPSA) is 41.5 Å². The number of hydrogen-bond acceptors (Lipinski definition) is 3. The van der Waals surface area contributed by atoms with Crippen LogP contribution in [0.5, 0.6) is 5.75 Å². The SMILES string of the molecule is CCC(NCC(O)COc1ccccc1)C(C)C. The highest BCUT2D eigenvalue weighted by Crippen LogP contribution is 2.09. The predicted molar refractivity (Wildman–Crippen MR) is 74.9 cm³/mol. The smallest absolute Gasteiger partial charge is 0.119 e. The fourth-order valence-electron chi connectivity index (χ4n) is 1.91. The number of rotatable bonds is 8. The molecule has 1 aromatic rings. The molecule has 18 heavy (non-hydrogen) atoms. The van der Waals surface area contributed by atoms with Crippen LogP contribution >= 0.6 is 0 Å². The fraction of sp³-hybridized carbons (Fsp3) is 0.600. The molecule has 0 saturated heterocycles. The van der Waals surface area contributed by atoms with Gasteiger partial charge in [0.2, 0.25) is 0 Å². The van der Waals surface area contributed by atoms with E-state index in [0.29, 0.717) is 25.1 Å². The molecule has 2 N–H and O–H groups in total. The van der Waals surface area contributed by atoms with Gasteiger partial charge in [-0.1, -0.05) is 39.0 Å². The lowest BCUT2D eigenvalue weighted by Crippen LogP contribution is -2.40. The second-order valence-electron chi connectivity index (χ2n) is 4.94. The molecule has 0 aromatic heterocycles. The Morgan fingerprint density at radius 2 is 1.89 bits per heavy atom. The largest absolute Gasteiger partial charge is 0.491 e. The van der Waals surface area contributed by atoms with Gasteiger partial charge in [-0.25, -0.2) is 0 Å². The molecule has 1 rings (SSSR count). The molecule has 3 heteroatoms. The number of para-hydroxylation sites is 1. The summed E-state index contributed by atoms with van der Waals surface area (Å²) in [4.78, 5) is 0. The molecule has 0 saturated carbocycles. The van der Waals surface area contributed by atoms with Crippen LogP contribution in [-0.2, 0) is 0 Å². The van der Waals surface area contributed by atoms with E-state index in [1.54, 1.807) is 0 Å². The zero-order chi connectivity index (χ0) is 13.4. The second kappa shape index (κ2) is 8.11. The van der Waals surface area contributed by atoms with Crippen molar-refractivity contribution in [3.05, 3.63) is 30.3 Å². The molecule has 3 nitrogen and oxygen atoms in total. The lowest BCUT2D eigenvalue weighted by Gasteiger charge is -2.22. The van der Waals surface area contributed by atoms with Crippen molar-refractivity contribution in [2.45, 2.75) is 39.3 Å². The Hall–Kier alpha value is -1.06. The average molecular weight is 251 g/mol. The van der Waals surface area contributed by atoms with E-state index in [4.69, 9.17) is 4.74 Å². The third-order valence-electron chi connectivity index (χ3n) is 3.05. The number of hydrogen-bond donors (Lipinski definition) is 2. The van der Waals surface area contributed by atoms with E-state index in [2.05, 4.69) is 26.1 Å². The summed E-state index contributed by atoms with van der Waals surface area (Å²) in [7, 11) is 0. The van der Waals surface area contributed by atoms with Crippen LogP contribution in [0, 0.1) is 5.92 Å². The number of benzene rings is 1. The highest BCUT2D eigenvalue weighted by molar-refractivity contribution is 5.20. The van der Waals surface area contributed by atoms with E-state index < -0.39 is 6.10 Å². The molecule has 2 unspecified atom stereocenters. The normalized spacial score (nSPS) is 14.5. The molecular weight excluding hydrogens is 226 g/mol. The Kier molecular flexibility index (Phi) is 6.76. The van der Waals surface area contributed by atoms with Gasteiger partial charge in [0.05, 0.1) is 0 Å². The van der Waals surface area contributed by atoms with Crippen LogP contribution in [0.1, 0.15) is 27.2 Å². The molecule has 0 heterocycles. The minimum Gasteiger partial charge on any atom is -0.491 e. The van der Waals surface area contributed by atoms with E-state index in [-0.39, 0.29) is 0 Å². The van der Waals surface area contributed by atoms with Crippen molar-refractivity contribution in [1.29, 1.82) is 0 Å². The number of ether oxygens (including phenoxy) is 1. The Morgan fingerprint density at radius 3 is 2.44 bits per heavy atom. The highest BCUT2D eigenvalue weighted by atomic mass is 16.5. The minimum absolute atomic E-state index is 0.325. The Balaban J connectivity index is 2.23. The summed E-state index contributed by atoms with van der Waals surface area (Å²) < 4.78 is 5.50. The second-order valence-corrected chi connectivity index (χ2v) is 4.94. The van der Waals surface area contributed by atoms with Crippen LogP contribution in [0.3, 0.4) is 0 Å². The molecule has 0 amide bonds. The highest BCUT2D eigenvalue weighted by Gasteiger charge is 2.12. The third kappa shape index (κ3) is 5.52. The maximum atomic E-state index is 9.85. The van der Waals surface area contributed by atoms with Gasteiger partial charge in [0, 0.05) is 12.6 Å². The monoisotopic (exact) mass is 251 g/mol. The van der Waals surface area contributed by atoms with Crippen molar-refractivity contribution in [2.75, 3.05) is 13.2 Å². The quantitative estimate of drug-likeness (QED) is 0.745. The van der Waals surface area contributed by atoms with Gasteiger partial charge in [-0.05, 0) is 24.5 Å². The Labute approximate surface area is 110 Å². The molecule has 1 aromatic carbocycles. The van der Waals surface area contributed by atoms with Crippen molar-refractivity contribution >= 4 is 0 Å². The van der Waals surface area contributed by atoms with Crippen LogP contribution in [0.4, 0.5) is 0 Å². The summed E-state index contributed by atoms with van der Waals surface area (Å²) in [6, 6.07) is 10.0. The van der Waals surface area contributed by atoms with Gasteiger partial charge in [-0.2, -0.15) is 0 Å². The van der Waals surface area contributed by atoms with Crippen molar-refractivity contribution in [1.82, 2.24) is 5.32 Å². The van der Waals surface area contributed by atoms with Gasteiger partial charge in [0.25, 0.3) is 0 Å². The molecule has 0 aliphatic carbocycles. The van der Waals surface area contributed by atoms with E-state index >= 15 is 0 Å². The number of nitrogens with one attached hydrogen (secondary N) is 1. The Morgan fingerprint density at radius 1 is 1.22 bits per heavy atom. The average Bonchev–Trinajstić information content (AvgIpc) is 2.38. The maximum absolute atomic E-state index is 9.85. The first-order valence-electron chi connectivity index (χ1n) is 6.72. The van der Waals surface area contributed by atoms with Crippen LogP contribution in [0.15, 0.2) is 30.3 Å². The van der Waals surface area contributed by atoms with Gasteiger partial charge < -0.3 is 15.2 Å². The first-order chi connectivity index (χ1) is 8.63. The van der Waals surface area contributed by atoms with Gasteiger partial charge in [-0.15, -0.1) is 0 Å². The van der Waals surface area contributed by atoms with Gasteiger partial charge in [-0.3, -0.25) is 0 Å². The molecule has 0 fully saturated rings. The first kappa shape index (κ1) is 15.0. The molecule has 0 bridgehead atoms. The van der Waals surface area contributed by atoms with Gasteiger partial charge in [0.1, 0.15) is 18.5 Å². The molecule has 0 spiro atoms. The summed E-state index contributed by atoms with van der Waals surface area (Å²) >= 11 is 0. The van der Waals surface area contributed by atoms with Crippen molar-refractivity contribution in [2.24, 2.45) is 5.92 Å². The van der Waals surface area contributed by atoms with Crippen molar-refractivity contribution in [3.8, 4) is 5.75 Å². The first-order valence-corrected chi connectivity index (χ1v) is 6.72. The van der Waals surface area contributed by atoms with E-state index in [0.717, 1.165) is 12.2 Å². The standard InChI is InChI=1S/C15H25NO2/c1-4-15(12(2)3)16-10-13(17)11-18-14-8-6-5-7-9-14/h5-9,12-13,15-17H,4,10-11H2,1-3H3. The van der Waals surface area contributed by atoms with Gasteiger partial charge >= 0.3 is 0 Å². The maximum Gasteiger partial charge on any atom is 0.119 e. The summed E-state index contributed by atoms with van der Waals surface area (Å²) in [6.07, 6.45) is 0.599.